The molecular formula is C38H37Cl2F2N3O4. The maximum absolute atomic E-state index is 14.5. The van der Waals surface area contributed by atoms with Crippen LogP contribution in [0.25, 0.3) is 16.8 Å². The van der Waals surface area contributed by atoms with Gasteiger partial charge in [-0.15, -0.1) is 0 Å². The molecule has 1 aliphatic heterocycles. The number of ether oxygens (including phenoxy) is 2. The van der Waals surface area contributed by atoms with Crippen LogP contribution in [0.4, 0.5) is 8.78 Å². The van der Waals surface area contributed by atoms with Crippen LogP contribution < -0.4 is 10.1 Å². The molecule has 7 rings (SSSR count). The summed E-state index contributed by atoms with van der Waals surface area (Å²) in [6.07, 6.45) is 4.63. The van der Waals surface area contributed by atoms with E-state index in [4.69, 9.17) is 37.2 Å². The summed E-state index contributed by atoms with van der Waals surface area (Å²) in [5, 5.41) is 7.68. The molecule has 2 atom stereocenters. The zero-order valence-electron chi connectivity index (χ0n) is 27.1. The maximum Gasteiger partial charge on any atom is 0.250 e. The first-order valence-electron chi connectivity index (χ1n) is 16.6. The highest BCUT2D eigenvalue weighted by molar-refractivity contribution is 6.33. The van der Waals surface area contributed by atoms with Crippen molar-refractivity contribution in [1.82, 2.24) is 15.4 Å². The minimum Gasteiger partial charge on any atom is -0.486 e. The van der Waals surface area contributed by atoms with Crippen LogP contribution in [0.2, 0.25) is 10.0 Å². The van der Waals surface area contributed by atoms with Gasteiger partial charge in [0.15, 0.2) is 5.76 Å². The fourth-order valence-electron chi connectivity index (χ4n) is 7.03. The Hall–Kier alpha value is -3.76. The molecule has 1 amide bonds. The van der Waals surface area contributed by atoms with E-state index in [1.54, 1.807) is 7.11 Å². The number of rotatable bonds is 13. The second-order valence-corrected chi connectivity index (χ2v) is 13.8. The van der Waals surface area contributed by atoms with Crippen molar-refractivity contribution in [2.24, 2.45) is 11.8 Å². The van der Waals surface area contributed by atoms with E-state index in [9.17, 15) is 13.6 Å². The number of carbonyl (C=O) groups is 1. The number of amides is 1. The van der Waals surface area contributed by atoms with E-state index in [1.807, 2.05) is 35.2 Å². The van der Waals surface area contributed by atoms with Gasteiger partial charge in [0.1, 0.15) is 29.7 Å². The number of methoxy groups -OCH3 is 1. The number of halogens is 4. The predicted octanol–water partition coefficient (Wildman–Crippen LogP) is 8.27. The molecule has 1 saturated carbocycles. The molecule has 1 N–H and O–H groups in total. The van der Waals surface area contributed by atoms with Gasteiger partial charge in [0.25, 0.3) is 5.91 Å². The van der Waals surface area contributed by atoms with Crippen LogP contribution in [-0.4, -0.2) is 48.8 Å². The Morgan fingerprint density at radius 3 is 2.61 bits per heavy atom. The van der Waals surface area contributed by atoms with Gasteiger partial charge in [-0.3, -0.25) is 4.79 Å². The van der Waals surface area contributed by atoms with Crippen molar-refractivity contribution in [3.05, 3.63) is 110 Å². The summed E-state index contributed by atoms with van der Waals surface area (Å²) in [4.78, 5) is 16.6. The first-order chi connectivity index (χ1) is 23.8. The van der Waals surface area contributed by atoms with Gasteiger partial charge in [-0.25, -0.2) is 8.78 Å². The molecule has 1 saturated heterocycles. The molecule has 1 aromatic heterocycles. The number of aromatic nitrogens is 1. The SMILES string of the molecule is COCCCc1ccc(Cl)c(CN(C(=O)C2=C(c3ccc(OCc4cc(-c5c(F)ccc(F)c5Cl)no4)cc3)C[C@H]3CNC[C@@H]23)C2CC2)c1. The van der Waals surface area contributed by atoms with E-state index in [1.165, 1.54) is 11.6 Å². The summed E-state index contributed by atoms with van der Waals surface area (Å²) in [6, 6.07) is 17.5. The Morgan fingerprint density at radius 2 is 1.84 bits per heavy atom. The molecule has 11 heteroatoms. The molecule has 256 valence electrons. The number of hydrogen-bond donors (Lipinski definition) is 1. The van der Waals surface area contributed by atoms with Gasteiger partial charge in [-0.1, -0.05) is 52.6 Å². The fourth-order valence-corrected chi connectivity index (χ4v) is 7.45. The van der Waals surface area contributed by atoms with Gasteiger partial charge >= 0.3 is 0 Å². The van der Waals surface area contributed by atoms with Gasteiger partial charge < -0.3 is 24.2 Å². The number of fused-ring (bicyclic) bond motifs is 1. The Morgan fingerprint density at radius 1 is 1.04 bits per heavy atom. The molecular weight excluding hydrogens is 671 g/mol. The van der Waals surface area contributed by atoms with E-state index in [0.29, 0.717) is 35.6 Å². The predicted molar refractivity (Wildman–Crippen MR) is 184 cm³/mol. The van der Waals surface area contributed by atoms with E-state index >= 15 is 0 Å². The van der Waals surface area contributed by atoms with Crippen molar-refractivity contribution in [3.8, 4) is 17.0 Å². The lowest BCUT2D eigenvalue weighted by atomic mass is 9.93. The lowest BCUT2D eigenvalue weighted by molar-refractivity contribution is -0.128. The Labute approximate surface area is 294 Å². The minimum atomic E-state index is -0.745. The molecule has 0 unspecified atom stereocenters. The zero-order chi connectivity index (χ0) is 34.1. The summed E-state index contributed by atoms with van der Waals surface area (Å²) in [7, 11) is 1.71. The zero-order valence-corrected chi connectivity index (χ0v) is 28.6. The molecule has 7 nitrogen and oxygen atoms in total. The van der Waals surface area contributed by atoms with Crippen molar-refractivity contribution < 1.29 is 27.6 Å². The third-order valence-electron chi connectivity index (χ3n) is 9.69. The fraction of sp³-hybridized carbons (Fsp3) is 0.368. The second kappa shape index (κ2) is 14.6. The summed E-state index contributed by atoms with van der Waals surface area (Å²) in [5.41, 5.74) is 5.08. The number of hydrogen-bond acceptors (Lipinski definition) is 6. The number of benzene rings is 3. The summed E-state index contributed by atoms with van der Waals surface area (Å²) in [5.74, 6) is 0.101. The number of nitrogens with zero attached hydrogens (tertiary/aromatic N) is 2. The van der Waals surface area contributed by atoms with E-state index in [2.05, 4.69) is 22.6 Å². The van der Waals surface area contributed by atoms with Gasteiger partial charge in [0, 0.05) is 55.4 Å². The average Bonchev–Trinajstić information content (AvgIpc) is 3.48. The summed E-state index contributed by atoms with van der Waals surface area (Å²) >= 11 is 12.7. The number of carbonyl (C=O) groups excluding carboxylic acids is 1. The minimum absolute atomic E-state index is 0.0235. The number of nitrogens with one attached hydrogen (secondary N) is 1. The molecule has 4 aromatic rings. The molecule has 3 aliphatic rings. The lowest BCUT2D eigenvalue weighted by Crippen LogP contribution is -2.36. The maximum atomic E-state index is 14.5. The highest BCUT2D eigenvalue weighted by Gasteiger charge is 2.45. The van der Waals surface area contributed by atoms with Crippen molar-refractivity contribution in [3.63, 3.8) is 0 Å². The van der Waals surface area contributed by atoms with Crippen LogP contribution in [0.3, 0.4) is 0 Å². The van der Waals surface area contributed by atoms with Gasteiger partial charge in [0.05, 0.1) is 10.6 Å². The highest BCUT2D eigenvalue weighted by atomic mass is 35.5. The van der Waals surface area contributed by atoms with Gasteiger partial charge in [-0.2, -0.15) is 0 Å². The second-order valence-electron chi connectivity index (χ2n) is 13.0. The third kappa shape index (κ3) is 7.26. The topological polar surface area (TPSA) is 76.8 Å². The van der Waals surface area contributed by atoms with Crippen LogP contribution in [-0.2, 0) is 29.1 Å². The van der Waals surface area contributed by atoms with Crippen molar-refractivity contribution in [2.75, 3.05) is 26.8 Å². The van der Waals surface area contributed by atoms with Crippen molar-refractivity contribution >= 4 is 34.7 Å². The Balaban J connectivity index is 1.08. The first kappa shape index (κ1) is 33.7. The standard InChI is InChI=1S/C38H37Cl2F2N3O4/c1-47-14-2-3-22-4-11-31(39)25(15-22)20-45(26-7-8-26)38(46)35-29(16-24-18-43-19-30(24)35)23-5-9-27(10-6-23)48-21-28-17-34(44-49-28)36-32(41)12-13-33(42)37(36)40/h4-6,9-13,15,17,24,26,30,43H,2-3,7-8,14,16,18-21H2,1H3/t24-,30+/m0/s1. The van der Waals surface area contributed by atoms with Crippen LogP contribution in [0.5, 0.6) is 5.75 Å². The van der Waals surface area contributed by atoms with E-state index < -0.39 is 11.6 Å². The molecule has 2 fully saturated rings. The van der Waals surface area contributed by atoms with Crippen molar-refractivity contribution in [2.45, 2.75) is 51.3 Å². The highest BCUT2D eigenvalue weighted by Crippen LogP contribution is 2.46. The molecule has 0 spiro atoms. The number of allylic oxidation sites excluding steroid dienone is 1. The first-order valence-corrected chi connectivity index (χ1v) is 17.4. The van der Waals surface area contributed by atoms with Gasteiger partial charge in [0.2, 0.25) is 0 Å². The summed E-state index contributed by atoms with van der Waals surface area (Å²) < 4.78 is 44.7. The van der Waals surface area contributed by atoms with Crippen molar-refractivity contribution in [1.29, 1.82) is 0 Å². The lowest BCUT2D eigenvalue weighted by Gasteiger charge is -2.27. The van der Waals surface area contributed by atoms with E-state index in [-0.39, 0.29) is 40.8 Å². The smallest absolute Gasteiger partial charge is 0.250 e. The Bertz CT molecular complexity index is 1880. The quantitative estimate of drug-likeness (QED) is 0.111. The summed E-state index contributed by atoms with van der Waals surface area (Å²) in [6.45, 7) is 2.87. The normalized spacial score (nSPS) is 18.6. The number of aryl methyl sites for hydroxylation is 1. The van der Waals surface area contributed by atoms with Crippen LogP contribution in [0.1, 0.15) is 48.1 Å². The monoisotopic (exact) mass is 707 g/mol. The molecule has 49 heavy (non-hydrogen) atoms. The molecule has 2 heterocycles. The molecule has 3 aromatic carbocycles. The average molecular weight is 709 g/mol. The molecule has 0 radical (unpaired) electrons. The van der Waals surface area contributed by atoms with E-state index in [0.717, 1.165) is 79.6 Å². The largest absolute Gasteiger partial charge is 0.486 e. The van der Waals surface area contributed by atoms with Gasteiger partial charge in [-0.05, 0) is 97.2 Å². The van der Waals surface area contributed by atoms with Crippen LogP contribution >= 0.6 is 23.2 Å². The Kier molecular flexibility index (Phi) is 10.1. The molecule has 0 bridgehead atoms. The van der Waals surface area contributed by atoms with Crippen LogP contribution in [0.15, 0.2) is 70.8 Å². The van der Waals surface area contributed by atoms with Crippen LogP contribution in [0, 0.1) is 23.5 Å². The molecule has 2 aliphatic carbocycles. The third-order valence-corrected chi connectivity index (χ3v) is 10.4.